The van der Waals surface area contributed by atoms with E-state index >= 15 is 0 Å². The highest BCUT2D eigenvalue weighted by Crippen LogP contribution is 2.39. The van der Waals surface area contributed by atoms with Crippen molar-refractivity contribution in [2.45, 2.75) is 24.9 Å². The minimum Gasteiger partial charge on any atom is -0.496 e. The second-order valence-electron chi connectivity index (χ2n) is 5.14. The molecule has 0 spiro atoms. The average molecular weight is 299 g/mol. The number of piperidine rings is 1. The van der Waals surface area contributed by atoms with Crippen LogP contribution in [0.25, 0.3) is 0 Å². The van der Waals surface area contributed by atoms with Crippen molar-refractivity contribution in [3.8, 4) is 5.75 Å². The van der Waals surface area contributed by atoms with Gasteiger partial charge in [-0.3, -0.25) is 4.90 Å². The Bertz CT molecular complexity index is 442. The standard InChI is InChI=1S/C15H23ClN2O2/c1-19-10-9-18-8-4-6-12(17)15(18)14-11(16)5-3-7-13(14)20-2/h3,5,7,12,15H,4,6,8-10,17H2,1-2H3. The number of methoxy groups -OCH3 is 2. The Morgan fingerprint density at radius 1 is 1.40 bits per heavy atom. The van der Waals surface area contributed by atoms with Gasteiger partial charge in [0.15, 0.2) is 0 Å². The zero-order chi connectivity index (χ0) is 14.5. The Morgan fingerprint density at radius 2 is 2.20 bits per heavy atom. The first-order chi connectivity index (χ1) is 9.69. The molecule has 2 atom stereocenters. The molecule has 5 heteroatoms. The van der Waals surface area contributed by atoms with E-state index in [9.17, 15) is 0 Å². The topological polar surface area (TPSA) is 47.7 Å². The van der Waals surface area contributed by atoms with Crippen molar-refractivity contribution >= 4 is 11.6 Å². The van der Waals surface area contributed by atoms with Gasteiger partial charge in [0, 0.05) is 30.3 Å². The maximum atomic E-state index is 6.41. The molecule has 0 aromatic heterocycles. The van der Waals surface area contributed by atoms with Crippen molar-refractivity contribution in [2.75, 3.05) is 33.9 Å². The number of hydrogen-bond acceptors (Lipinski definition) is 4. The molecule has 1 saturated heterocycles. The van der Waals surface area contributed by atoms with E-state index in [1.807, 2.05) is 18.2 Å². The minimum absolute atomic E-state index is 0.0643. The van der Waals surface area contributed by atoms with Crippen LogP contribution in [0.5, 0.6) is 5.75 Å². The SMILES string of the molecule is COCCN1CCCC(N)C1c1c(Cl)cccc1OC. The van der Waals surface area contributed by atoms with Gasteiger partial charge in [-0.25, -0.2) is 0 Å². The predicted molar refractivity (Wildman–Crippen MR) is 81.4 cm³/mol. The van der Waals surface area contributed by atoms with E-state index in [0.717, 1.165) is 37.2 Å². The van der Waals surface area contributed by atoms with E-state index in [1.54, 1.807) is 14.2 Å². The molecule has 20 heavy (non-hydrogen) atoms. The van der Waals surface area contributed by atoms with Gasteiger partial charge >= 0.3 is 0 Å². The average Bonchev–Trinajstić information content (AvgIpc) is 2.45. The predicted octanol–water partition coefficient (Wildman–Crippen LogP) is 2.46. The minimum atomic E-state index is 0.0643. The third-order valence-electron chi connectivity index (χ3n) is 3.89. The monoisotopic (exact) mass is 298 g/mol. The lowest BCUT2D eigenvalue weighted by Crippen LogP contribution is -2.47. The third-order valence-corrected chi connectivity index (χ3v) is 4.22. The molecular weight excluding hydrogens is 276 g/mol. The summed E-state index contributed by atoms with van der Waals surface area (Å²) in [5.41, 5.74) is 7.37. The van der Waals surface area contributed by atoms with Crippen LogP contribution in [0.4, 0.5) is 0 Å². The quantitative estimate of drug-likeness (QED) is 0.907. The third kappa shape index (κ3) is 3.26. The van der Waals surface area contributed by atoms with Crippen LogP contribution in [0.2, 0.25) is 5.02 Å². The van der Waals surface area contributed by atoms with E-state index in [4.69, 9.17) is 26.8 Å². The zero-order valence-corrected chi connectivity index (χ0v) is 12.9. The molecule has 1 aromatic rings. The van der Waals surface area contributed by atoms with E-state index in [2.05, 4.69) is 4.90 Å². The number of likely N-dealkylation sites (tertiary alicyclic amines) is 1. The summed E-state index contributed by atoms with van der Waals surface area (Å²) in [4.78, 5) is 2.35. The lowest BCUT2D eigenvalue weighted by atomic mass is 9.90. The van der Waals surface area contributed by atoms with E-state index in [1.165, 1.54) is 0 Å². The molecule has 2 rings (SSSR count). The molecule has 0 bridgehead atoms. The van der Waals surface area contributed by atoms with Crippen LogP contribution in [0.1, 0.15) is 24.4 Å². The molecule has 2 unspecified atom stereocenters. The molecule has 1 aliphatic rings. The summed E-state index contributed by atoms with van der Waals surface area (Å²) in [5, 5.41) is 0.717. The molecular formula is C15H23ClN2O2. The van der Waals surface area contributed by atoms with Crippen molar-refractivity contribution < 1.29 is 9.47 Å². The van der Waals surface area contributed by atoms with Crippen LogP contribution in [-0.4, -0.2) is 44.9 Å². The lowest BCUT2D eigenvalue weighted by molar-refractivity contribution is 0.0836. The second kappa shape index (κ2) is 7.27. The fraction of sp³-hybridized carbons (Fsp3) is 0.600. The fourth-order valence-corrected chi connectivity index (χ4v) is 3.21. The molecule has 1 aromatic carbocycles. The van der Waals surface area contributed by atoms with Crippen LogP contribution in [0, 0.1) is 0 Å². The largest absolute Gasteiger partial charge is 0.496 e. The van der Waals surface area contributed by atoms with Crippen LogP contribution in [-0.2, 0) is 4.74 Å². The molecule has 2 N–H and O–H groups in total. The molecule has 4 nitrogen and oxygen atoms in total. The molecule has 0 amide bonds. The van der Waals surface area contributed by atoms with Crippen molar-refractivity contribution in [3.63, 3.8) is 0 Å². The highest BCUT2D eigenvalue weighted by atomic mass is 35.5. The Balaban J connectivity index is 2.34. The van der Waals surface area contributed by atoms with Crippen LogP contribution >= 0.6 is 11.6 Å². The smallest absolute Gasteiger partial charge is 0.125 e. The number of nitrogens with zero attached hydrogens (tertiary/aromatic N) is 1. The molecule has 112 valence electrons. The molecule has 1 aliphatic heterocycles. The van der Waals surface area contributed by atoms with Gasteiger partial charge in [-0.1, -0.05) is 17.7 Å². The lowest BCUT2D eigenvalue weighted by Gasteiger charge is -2.40. The van der Waals surface area contributed by atoms with Gasteiger partial charge in [0.05, 0.1) is 19.8 Å². The first-order valence-corrected chi connectivity index (χ1v) is 7.37. The summed E-state index contributed by atoms with van der Waals surface area (Å²) in [6.07, 6.45) is 2.11. The van der Waals surface area contributed by atoms with Gasteiger partial charge < -0.3 is 15.2 Å². The van der Waals surface area contributed by atoms with Gasteiger partial charge in [-0.15, -0.1) is 0 Å². The number of rotatable bonds is 5. The van der Waals surface area contributed by atoms with Crippen LogP contribution in [0.15, 0.2) is 18.2 Å². The molecule has 0 saturated carbocycles. The molecule has 0 radical (unpaired) electrons. The number of hydrogen-bond donors (Lipinski definition) is 1. The molecule has 0 aliphatic carbocycles. The number of halogens is 1. The summed E-state index contributed by atoms with van der Waals surface area (Å²) in [5.74, 6) is 0.808. The van der Waals surface area contributed by atoms with Gasteiger partial charge in [0.1, 0.15) is 5.75 Å². The highest BCUT2D eigenvalue weighted by Gasteiger charge is 2.33. The Morgan fingerprint density at radius 3 is 2.90 bits per heavy atom. The van der Waals surface area contributed by atoms with Crippen molar-refractivity contribution in [1.82, 2.24) is 4.90 Å². The summed E-state index contributed by atoms with van der Waals surface area (Å²) >= 11 is 6.41. The van der Waals surface area contributed by atoms with E-state index in [0.29, 0.717) is 11.6 Å². The van der Waals surface area contributed by atoms with Crippen molar-refractivity contribution in [1.29, 1.82) is 0 Å². The molecule has 1 heterocycles. The highest BCUT2D eigenvalue weighted by molar-refractivity contribution is 6.31. The Labute approximate surface area is 125 Å². The van der Waals surface area contributed by atoms with Crippen molar-refractivity contribution in [2.24, 2.45) is 5.73 Å². The van der Waals surface area contributed by atoms with E-state index < -0.39 is 0 Å². The van der Waals surface area contributed by atoms with Gasteiger partial charge in [0.2, 0.25) is 0 Å². The zero-order valence-electron chi connectivity index (χ0n) is 12.1. The Hall–Kier alpha value is -0.810. The Kier molecular flexibility index (Phi) is 5.66. The first kappa shape index (κ1) is 15.6. The second-order valence-corrected chi connectivity index (χ2v) is 5.54. The van der Waals surface area contributed by atoms with Crippen molar-refractivity contribution in [3.05, 3.63) is 28.8 Å². The summed E-state index contributed by atoms with van der Waals surface area (Å²) < 4.78 is 10.7. The van der Waals surface area contributed by atoms with Gasteiger partial charge in [0.25, 0.3) is 0 Å². The number of nitrogens with two attached hydrogens (primary N) is 1. The maximum absolute atomic E-state index is 6.41. The normalized spacial score (nSPS) is 23.8. The number of benzene rings is 1. The van der Waals surface area contributed by atoms with Crippen LogP contribution in [0.3, 0.4) is 0 Å². The van der Waals surface area contributed by atoms with Gasteiger partial charge in [-0.2, -0.15) is 0 Å². The summed E-state index contributed by atoms with van der Waals surface area (Å²) in [7, 11) is 3.39. The summed E-state index contributed by atoms with van der Waals surface area (Å²) in [6.45, 7) is 2.55. The summed E-state index contributed by atoms with van der Waals surface area (Å²) in [6, 6.07) is 5.89. The molecule has 1 fully saturated rings. The fourth-order valence-electron chi connectivity index (χ4n) is 2.94. The van der Waals surface area contributed by atoms with E-state index in [-0.39, 0.29) is 12.1 Å². The van der Waals surface area contributed by atoms with Crippen LogP contribution < -0.4 is 10.5 Å². The van der Waals surface area contributed by atoms with Gasteiger partial charge in [-0.05, 0) is 31.5 Å². The first-order valence-electron chi connectivity index (χ1n) is 7.00. The maximum Gasteiger partial charge on any atom is 0.125 e. The number of ether oxygens (including phenoxy) is 2.